The first-order valence-electron chi connectivity index (χ1n) is 10.7. The monoisotopic (exact) mass is 426 g/mol. The Labute approximate surface area is 182 Å². The smallest absolute Gasteiger partial charge is 0.239 e. The molecule has 6 nitrogen and oxygen atoms in total. The molecule has 1 fully saturated rings. The summed E-state index contributed by atoms with van der Waals surface area (Å²) in [7, 11) is 0. The molecule has 0 bridgehead atoms. The van der Waals surface area contributed by atoms with E-state index in [-0.39, 0.29) is 11.9 Å². The minimum absolute atomic E-state index is 0.0831. The summed E-state index contributed by atoms with van der Waals surface area (Å²) in [5.41, 5.74) is 9.77. The number of nitrogens with zero attached hydrogens (tertiary/aromatic N) is 2. The number of aromatic hydroxyl groups is 1. The molecule has 0 saturated carbocycles. The fraction of sp³-hybridized carbons (Fsp3) is 0.435. The maximum absolute atomic E-state index is 12.3. The van der Waals surface area contributed by atoms with Crippen LogP contribution >= 0.6 is 11.9 Å². The predicted octanol–water partition coefficient (Wildman–Crippen LogP) is 3.56. The van der Waals surface area contributed by atoms with Crippen molar-refractivity contribution in [1.82, 2.24) is 9.21 Å². The zero-order valence-corrected chi connectivity index (χ0v) is 18.2. The summed E-state index contributed by atoms with van der Waals surface area (Å²) in [6.07, 6.45) is 2.58. The molecule has 0 radical (unpaired) electrons. The van der Waals surface area contributed by atoms with Crippen LogP contribution in [0, 0.1) is 0 Å². The highest BCUT2D eigenvalue weighted by atomic mass is 32.2. The SMILES string of the molecule is CCC(N)C(=O)N1CCC(Nc2ccc3c(c2)CN(Sc2ccc(O)cc2)C3)CC1. The number of likely N-dealkylation sites (tertiary alicyclic amines) is 1. The Kier molecular flexibility index (Phi) is 6.51. The van der Waals surface area contributed by atoms with E-state index in [1.807, 2.05) is 24.0 Å². The largest absolute Gasteiger partial charge is 0.508 e. The van der Waals surface area contributed by atoms with E-state index in [1.165, 1.54) is 11.1 Å². The van der Waals surface area contributed by atoms with Crippen molar-refractivity contribution >= 4 is 23.5 Å². The third-order valence-corrected chi connectivity index (χ3v) is 6.90. The van der Waals surface area contributed by atoms with Crippen LogP contribution in [0.15, 0.2) is 47.4 Å². The quantitative estimate of drug-likeness (QED) is 0.613. The number of hydrogen-bond acceptors (Lipinski definition) is 6. The first-order valence-corrected chi connectivity index (χ1v) is 11.4. The molecule has 1 atom stereocenters. The summed E-state index contributed by atoms with van der Waals surface area (Å²) in [4.78, 5) is 15.3. The molecule has 1 amide bonds. The number of phenolic OH excluding ortho intramolecular Hbond substituents is 1. The van der Waals surface area contributed by atoms with E-state index >= 15 is 0 Å². The number of fused-ring (bicyclic) bond motifs is 1. The highest BCUT2D eigenvalue weighted by Crippen LogP contribution is 2.34. The van der Waals surface area contributed by atoms with Crippen molar-refractivity contribution in [2.24, 2.45) is 5.73 Å². The number of nitrogens with two attached hydrogens (primary N) is 1. The Bertz CT molecular complexity index is 881. The molecule has 2 aliphatic rings. The van der Waals surface area contributed by atoms with Gasteiger partial charge in [-0.2, -0.15) is 0 Å². The number of piperidine rings is 1. The van der Waals surface area contributed by atoms with Gasteiger partial charge in [0.2, 0.25) is 5.91 Å². The van der Waals surface area contributed by atoms with E-state index in [4.69, 9.17) is 5.73 Å². The molecule has 4 N–H and O–H groups in total. The van der Waals surface area contributed by atoms with Gasteiger partial charge in [0.1, 0.15) is 5.75 Å². The molecular formula is C23H30N4O2S. The van der Waals surface area contributed by atoms with Crippen LogP contribution < -0.4 is 11.1 Å². The number of amides is 1. The predicted molar refractivity (Wildman–Crippen MR) is 121 cm³/mol. The number of carbonyl (C=O) groups is 1. The Morgan fingerprint density at radius 3 is 2.57 bits per heavy atom. The lowest BCUT2D eigenvalue weighted by molar-refractivity contribution is -0.133. The zero-order valence-electron chi connectivity index (χ0n) is 17.4. The minimum atomic E-state index is -0.367. The molecule has 160 valence electrons. The number of carbonyl (C=O) groups excluding carboxylic acids is 1. The van der Waals surface area contributed by atoms with Gasteiger partial charge in [-0.05, 0) is 78.7 Å². The van der Waals surface area contributed by atoms with Crippen LogP contribution in [0.2, 0.25) is 0 Å². The molecule has 1 saturated heterocycles. The fourth-order valence-corrected chi connectivity index (χ4v) is 5.03. The van der Waals surface area contributed by atoms with Crippen LogP contribution in [-0.4, -0.2) is 45.4 Å². The van der Waals surface area contributed by atoms with Gasteiger partial charge in [-0.25, -0.2) is 4.31 Å². The number of nitrogens with one attached hydrogen (secondary N) is 1. The van der Waals surface area contributed by atoms with Crippen LogP contribution in [0.1, 0.15) is 37.3 Å². The van der Waals surface area contributed by atoms with E-state index in [9.17, 15) is 9.90 Å². The number of phenols is 1. The second-order valence-corrected chi connectivity index (χ2v) is 9.30. The number of rotatable bonds is 6. The molecule has 2 aromatic carbocycles. The molecule has 30 heavy (non-hydrogen) atoms. The molecule has 2 heterocycles. The second kappa shape index (κ2) is 9.29. The molecular weight excluding hydrogens is 396 g/mol. The summed E-state index contributed by atoms with van der Waals surface area (Å²) >= 11 is 1.72. The van der Waals surface area contributed by atoms with Crippen molar-refractivity contribution < 1.29 is 9.90 Å². The van der Waals surface area contributed by atoms with Gasteiger partial charge >= 0.3 is 0 Å². The van der Waals surface area contributed by atoms with Crippen LogP contribution in [0.4, 0.5) is 5.69 Å². The highest BCUT2D eigenvalue weighted by Gasteiger charge is 2.26. The lowest BCUT2D eigenvalue weighted by atomic mass is 10.0. The minimum Gasteiger partial charge on any atom is -0.508 e. The van der Waals surface area contributed by atoms with Crippen LogP contribution in [0.25, 0.3) is 0 Å². The summed E-state index contributed by atoms with van der Waals surface area (Å²) in [6.45, 7) is 5.31. The van der Waals surface area contributed by atoms with E-state index in [2.05, 4.69) is 27.8 Å². The molecule has 7 heteroatoms. The number of benzene rings is 2. The first kappa shape index (κ1) is 21.0. The number of anilines is 1. The summed E-state index contributed by atoms with van der Waals surface area (Å²) in [5, 5.41) is 13.1. The first-order chi connectivity index (χ1) is 14.5. The summed E-state index contributed by atoms with van der Waals surface area (Å²) in [5.74, 6) is 0.378. The van der Waals surface area contributed by atoms with Gasteiger partial charge in [0.15, 0.2) is 0 Å². The van der Waals surface area contributed by atoms with E-state index in [1.54, 1.807) is 24.1 Å². The lowest BCUT2D eigenvalue weighted by Crippen LogP contribution is -2.48. The second-order valence-electron chi connectivity index (χ2n) is 8.13. The summed E-state index contributed by atoms with van der Waals surface area (Å²) < 4.78 is 2.34. The van der Waals surface area contributed by atoms with Gasteiger partial charge in [-0.3, -0.25) is 4.79 Å². The fourth-order valence-electron chi connectivity index (χ4n) is 4.06. The Morgan fingerprint density at radius 2 is 1.87 bits per heavy atom. The van der Waals surface area contributed by atoms with Crippen molar-refractivity contribution in [2.45, 2.75) is 56.3 Å². The third-order valence-electron chi connectivity index (χ3n) is 5.91. The van der Waals surface area contributed by atoms with Crippen LogP contribution in [0.5, 0.6) is 5.75 Å². The molecule has 0 aliphatic carbocycles. The van der Waals surface area contributed by atoms with Gasteiger partial charge in [0.05, 0.1) is 6.04 Å². The highest BCUT2D eigenvalue weighted by molar-refractivity contribution is 7.97. The normalized spacial score (nSPS) is 18.3. The third kappa shape index (κ3) is 4.91. The molecule has 4 rings (SSSR count). The standard InChI is InChI=1S/C23H30N4O2S/c1-2-22(24)23(29)26-11-9-18(10-12-26)25-19-4-3-16-14-27(15-17(16)13-19)30-21-7-5-20(28)6-8-21/h3-8,13,18,22,25,28H,2,9-12,14-15,24H2,1H3. The van der Waals surface area contributed by atoms with Gasteiger partial charge in [0, 0.05) is 42.8 Å². The topological polar surface area (TPSA) is 81.8 Å². The average molecular weight is 427 g/mol. The maximum atomic E-state index is 12.3. The van der Waals surface area contributed by atoms with Crippen LogP contribution in [-0.2, 0) is 17.9 Å². The van der Waals surface area contributed by atoms with Crippen molar-refractivity contribution in [3.8, 4) is 5.75 Å². The van der Waals surface area contributed by atoms with Gasteiger partial charge in [0.25, 0.3) is 0 Å². The summed E-state index contributed by atoms with van der Waals surface area (Å²) in [6, 6.07) is 14.0. The maximum Gasteiger partial charge on any atom is 0.239 e. The van der Waals surface area contributed by atoms with E-state index in [0.29, 0.717) is 18.2 Å². The van der Waals surface area contributed by atoms with Gasteiger partial charge in [-0.15, -0.1) is 0 Å². The Hall–Kier alpha value is -2.22. The molecule has 1 unspecified atom stereocenters. The molecule has 0 aromatic heterocycles. The Morgan fingerprint density at radius 1 is 1.17 bits per heavy atom. The molecule has 0 spiro atoms. The van der Waals surface area contributed by atoms with E-state index in [0.717, 1.165) is 49.6 Å². The zero-order chi connectivity index (χ0) is 21.1. The molecule has 2 aromatic rings. The lowest BCUT2D eigenvalue weighted by Gasteiger charge is -2.34. The van der Waals surface area contributed by atoms with Crippen LogP contribution in [0.3, 0.4) is 0 Å². The average Bonchev–Trinajstić information content (AvgIpc) is 3.16. The van der Waals surface area contributed by atoms with Crippen molar-refractivity contribution in [3.05, 3.63) is 53.6 Å². The van der Waals surface area contributed by atoms with E-state index < -0.39 is 0 Å². The van der Waals surface area contributed by atoms with Gasteiger partial charge < -0.3 is 21.1 Å². The Balaban J connectivity index is 1.30. The number of hydrogen-bond donors (Lipinski definition) is 3. The van der Waals surface area contributed by atoms with Gasteiger partial charge in [-0.1, -0.05) is 13.0 Å². The van der Waals surface area contributed by atoms with Crippen molar-refractivity contribution in [1.29, 1.82) is 0 Å². The van der Waals surface area contributed by atoms with Crippen molar-refractivity contribution in [2.75, 3.05) is 18.4 Å². The molecule has 2 aliphatic heterocycles. The van der Waals surface area contributed by atoms with Crippen molar-refractivity contribution in [3.63, 3.8) is 0 Å².